The summed E-state index contributed by atoms with van der Waals surface area (Å²) < 4.78 is 24.7. The second kappa shape index (κ2) is 11.9. The average Bonchev–Trinajstić information content (AvgIpc) is 3.12. The third-order valence-electron chi connectivity index (χ3n) is 6.34. The van der Waals surface area contributed by atoms with Gasteiger partial charge < -0.3 is 18.6 Å². The number of carbonyl (C=O) groups is 1. The number of ether oxygens (including phenoxy) is 3. The monoisotopic (exact) mass is 563 g/mol. The van der Waals surface area contributed by atoms with Gasteiger partial charge in [0.1, 0.15) is 25.5 Å². The Morgan fingerprint density at radius 3 is 2.16 bits per heavy atom. The quantitative estimate of drug-likeness (QED) is 0.218. The van der Waals surface area contributed by atoms with E-state index in [1.54, 1.807) is 4.90 Å². The van der Waals surface area contributed by atoms with Crippen molar-refractivity contribution in [2.75, 3.05) is 6.54 Å². The zero-order valence-corrected chi connectivity index (χ0v) is 27.2. The largest absolute Gasteiger partial charge is 0.444 e. The minimum absolute atomic E-state index is 0.00294. The van der Waals surface area contributed by atoms with Gasteiger partial charge in [-0.3, -0.25) is 4.90 Å². The van der Waals surface area contributed by atoms with E-state index in [0.29, 0.717) is 18.7 Å². The second-order valence-corrected chi connectivity index (χ2v) is 22.9. The Morgan fingerprint density at radius 1 is 1.05 bits per heavy atom. The van der Waals surface area contributed by atoms with Gasteiger partial charge in [0, 0.05) is 18.8 Å². The molecular weight excluding hydrogens is 519 g/mol. The van der Waals surface area contributed by atoms with Gasteiger partial charge in [-0.05, 0) is 57.5 Å². The molecule has 1 aliphatic heterocycles. The highest BCUT2D eigenvalue weighted by molar-refractivity contribution is 7.79. The maximum Gasteiger partial charge on any atom is 0.410 e. The molecule has 0 saturated carbocycles. The maximum absolute atomic E-state index is 13.4. The second-order valence-electron chi connectivity index (χ2n) is 13.1. The number of benzene rings is 1. The predicted molar refractivity (Wildman–Crippen MR) is 159 cm³/mol. The summed E-state index contributed by atoms with van der Waals surface area (Å²) in [5.41, 5.74) is 2.78. The lowest BCUT2D eigenvalue weighted by Gasteiger charge is -2.41. The fraction of sp³-hybridized carbons (Fsp3) is 0.643. The Labute approximate surface area is 231 Å². The van der Waals surface area contributed by atoms with Crippen molar-refractivity contribution in [1.29, 1.82) is 0 Å². The van der Waals surface area contributed by atoms with Gasteiger partial charge in [-0.1, -0.05) is 64.5 Å². The minimum atomic E-state index is -2.17. The maximum atomic E-state index is 13.4. The van der Waals surface area contributed by atoms with Crippen LogP contribution in [0.1, 0.15) is 48.0 Å². The first-order valence-corrected chi connectivity index (χ1v) is 19.7. The number of carbonyl (C=O) groups excluding carboxylic acids is 1. The fourth-order valence-electron chi connectivity index (χ4n) is 3.55. The Kier molecular flexibility index (Phi) is 10.1. The van der Waals surface area contributed by atoms with Crippen molar-refractivity contribution in [3.8, 4) is 17.2 Å². The molecule has 1 heterocycles. The van der Waals surface area contributed by atoms with E-state index in [2.05, 4.69) is 65.0 Å². The summed E-state index contributed by atoms with van der Waals surface area (Å²) in [4.78, 5) is 15.1. The van der Waals surface area contributed by atoms with Crippen LogP contribution in [-0.4, -0.2) is 63.0 Å². The van der Waals surface area contributed by atoms with E-state index in [1.165, 1.54) is 0 Å². The summed E-state index contributed by atoms with van der Waals surface area (Å²) in [5.74, 6) is 3.91. The molecule has 0 bridgehead atoms. The molecule has 1 aromatic rings. The van der Waals surface area contributed by atoms with E-state index in [1.807, 2.05) is 51.1 Å². The van der Waals surface area contributed by atoms with E-state index < -0.39 is 40.2 Å². The molecule has 1 aromatic carbocycles. The molecule has 3 atom stereocenters. The summed E-state index contributed by atoms with van der Waals surface area (Å²) in [6.45, 7) is 23.6. The number of rotatable bonds is 5. The predicted octanol–water partition coefficient (Wildman–Crippen LogP) is 7.02. The van der Waals surface area contributed by atoms with Crippen LogP contribution in [0.5, 0.6) is 5.75 Å². The Morgan fingerprint density at radius 2 is 1.65 bits per heavy atom. The van der Waals surface area contributed by atoms with Crippen molar-refractivity contribution in [1.82, 2.24) is 4.90 Å². The highest BCUT2D eigenvalue weighted by atomic mass is 32.1. The summed E-state index contributed by atoms with van der Waals surface area (Å²) in [6, 6.07) is 8.76. The highest BCUT2D eigenvalue weighted by Gasteiger charge is 2.49. The molecule has 1 saturated heterocycles. The van der Waals surface area contributed by atoms with E-state index in [0.717, 1.165) is 0 Å². The molecule has 0 spiro atoms. The molecule has 9 heteroatoms. The summed E-state index contributed by atoms with van der Waals surface area (Å²) in [5, 5.41) is -0.0358. The number of amides is 1. The minimum Gasteiger partial charge on any atom is -0.444 e. The van der Waals surface area contributed by atoms with Crippen LogP contribution >= 0.6 is 12.2 Å². The number of hydrogen-bond donors (Lipinski definition) is 0. The van der Waals surface area contributed by atoms with E-state index in [9.17, 15) is 4.79 Å². The van der Waals surface area contributed by atoms with Crippen LogP contribution in [0.3, 0.4) is 0 Å². The van der Waals surface area contributed by atoms with E-state index in [-0.39, 0.29) is 16.4 Å². The molecule has 1 amide bonds. The first-order valence-electron chi connectivity index (χ1n) is 12.9. The molecule has 0 N–H and O–H groups in total. The normalized spacial score (nSPS) is 19.5. The summed E-state index contributed by atoms with van der Waals surface area (Å²) >= 11 is 5.49. The lowest BCUT2D eigenvalue weighted by atomic mass is 10.1. The van der Waals surface area contributed by atoms with Crippen LogP contribution in [0.2, 0.25) is 37.8 Å². The van der Waals surface area contributed by atoms with Crippen molar-refractivity contribution in [3.63, 3.8) is 0 Å². The molecule has 0 aromatic heterocycles. The topological polar surface area (TPSA) is 57.2 Å². The van der Waals surface area contributed by atoms with Gasteiger partial charge in [-0.25, -0.2) is 4.79 Å². The number of para-hydroxylation sites is 1. The third kappa shape index (κ3) is 9.75. The lowest BCUT2D eigenvalue weighted by molar-refractivity contribution is -0.00105. The van der Waals surface area contributed by atoms with Gasteiger partial charge in [0.15, 0.2) is 14.4 Å². The van der Waals surface area contributed by atoms with Crippen molar-refractivity contribution in [2.45, 2.75) is 110 Å². The van der Waals surface area contributed by atoms with Crippen LogP contribution < -0.4 is 4.74 Å². The average molecular weight is 564 g/mol. The lowest BCUT2D eigenvalue weighted by Crippen LogP contribution is -2.54. The van der Waals surface area contributed by atoms with Gasteiger partial charge in [0.05, 0.1) is 6.10 Å². The number of hydrogen-bond acceptors (Lipinski definition) is 6. The smallest absolute Gasteiger partial charge is 0.410 e. The molecule has 1 fully saturated rings. The molecule has 1 aliphatic rings. The standard InChI is InChI=1S/C28H45NO5SSi2/c1-27(2,3)33-25(30)29-19-17-23(34-37(10,11)28(4,5)6)24(29)22(18-20-36(7,8)9)32-26(35)31-21-15-13-12-14-16-21/h12-16,22-24H,17,19H2,1-11H3/t22?,23-,24+/m0/s1. The van der Waals surface area contributed by atoms with Gasteiger partial charge in [-0.15, -0.1) is 5.54 Å². The van der Waals surface area contributed by atoms with Gasteiger partial charge >= 0.3 is 11.3 Å². The third-order valence-corrected chi connectivity index (χ3v) is 11.9. The molecule has 37 heavy (non-hydrogen) atoms. The van der Waals surface area contributed by atoms with Gasteiger partial charge in [-0.2, -0.15) is 0 Å². The van der Waals surface area contributed by atoms with Crippen molar-refractivity contribution in [3.05, 3.63) is 30.3 Å². The molecule has 0 aliphatic carbocycles. The Balaban J connectivity index is 2.48. The first kappa shape index (κ1) is 31.4. The van der Waals surface area contributed by atoms with E-state index in [4.69, 9.17) is 30.9 Å². The number of thiocarbonyl (C=S) groups is 1. The van der Waals surface area contributed by atoms with Gasteiger partial charge in [0.25, 0.3) is 0 Å². The number of nitrogens with zero attached hydrogens (tertiary/aromatic N) is 1. The zero-order valence-electron chi connectivity index (χ0n) is 24.4. The fourth-order valence-corrected chi connectivity index (χ4v) is 5.69. The Hall–Kier alpha value is -1.87. The number of likely N-dealkylation sites (tertiary alicyclic amines) is 1. The molecule has 6 nitrogen and oxygen atoms in total. The molecule has 2 rings (SSSR count). The summed E-state index contributed by atoms with van der Waals surface area (Å²) in [7, 11) is -3.94. The van der Waals surface area contributed by atoms with Crippen LogP contribution in [-0.2, 0) is 13.9 Å². The summed E-state index contributed by atoms with van der Waals surface area (Å²) in [6.07, 6.45) is -0.740. The van der Waals surface area contributed by atoms with Gasteiger partial charge in [0.2, 0.25) is 0 Å². The molecule has 206 valence electrons. The van der Waals surface area contributed by atoms with Crippen molar-refractivity contribution in [2.24, 2.45) is 0 Å². The Bertz CT molecular complexity index is 1000. The molecule has 1 unspecified atom stereocenters. The zero-order chi connectivity index (χ0) is 28.2. The van der Waals surface area contributed by atoms with Crippen LogP contribution in [0.25, 0.3) is 0 Å². The highest BCUT2D eigenvalue weighted by Crippen LogP contribution is 2.40. The molecular formula is C28H45NO5SSi2. The van der Waals surface area contributed by atoms with E-state index >= 15 is 0 Å². The van der Waals surface area contributed by atoms with Crippen LogP contribution in [0.4, 0.5) is 4.79 Å². The first-order chi connectivity index (χ1) is 16.8. The van der Waals surface area contributed by atoms with Crippen LogP contribution in [0, 0.1) is 11.5 Å². The SMILES string of the molecule is CC(C)(C)OC(=O)N1CC[C@H](O[Si](C)(C)C(C)(C)C)[C@H]1C(C#C[Si](C)(C)C)OC(=S)Oc1ccccc1. The van der Waals surface area contributed by atoms with Crippen molar-refractivity contribution < 1.29 is 23.4 Å². The van der Waals surface area contributed by atoms with Crippen molar-refractivity contribution >= 4 is 39.9 Å². The van der Waals surface area contributed by atoms with Crippen LogP contribution in [0.15, 0.2) is 30.3 Å². The molecule has 0 radical (unpaired) electrons.